The standard InChI is InChI=1S/C22H21N3O4/c1-15-20(21(26)25(24(15)2)17-12-8-5-9-13-17)23-18(22(27)28)14-19(29-3)16-10-6-4-7-11-16/h4-14H,1-3H3,(H,27,28)/p-1/b19-14-,23-18?. The molecule has 148 valence electrons. The number of methoxy groups -OCH3 is 1. The molecule has 0 spiro atoms. The SMILES string of the molecule is CO/C(=C\C(=Nc1c(C)n(C)n(-c2ccccc2)c1=O)C(=O)[O-])c1ccccc1. The normalized spacial score (nSPS) is 12.1. The molecule has 1 heterocycles. The van der Waals surface area contributed by atoms with Crippen molar-refractivity contribution in [2.24, 2.45) is 12.0 Å². The van der Waals surface area contributed by atoms with Gasteiger partial charge in [0.15, 0.2) is 5.69 Å². The lowest BCUT2D eigenvalue weighted by Gasteiger charge is -2.08. The van der Waals surface area contributed by atoms with Crippen molar-refractivity contribution < 1.29 is 14.6 Å². The maximum Gasteiger partial charge on any atom is 0.297 e. The summed E-state index contributed by atoms with van der Waals surface area (Å²) in [5, 5.41) is 11.7. The molecule has 0 saturated carbocycles. The summed E-state index contributed by atoms with van der Waals surface area (Å²) in [6.45, 7) is 1.70. The Bertz CT molecular complexity index is 1140. The summed E-state index contributed by atoms with van der Waals surface area (Å²) in [4.78, 5) is 28.8. The first-order valence-electron chi connectivity index (χ1n) is 8.89. The number of rotatable bonds is 6. The van der Waals surface area contributed by atoms with Gasteiger partial charge in [-0.3, -0.25) is 9.48 Å². The van der Waals surface area contributed by atoms with Gasteiger partial charge < -0.3 is 14.6 Å². The molecule has 29 heavy (non-hydrogen) atoms. The minimum Gasteiger partial charge on any atom is -0.543 e. The lowest BCUT2D eigenvalue weighted by atomic mass is 10.1. The van der Waals surface area contributed by atoms with Crippen molar-refractivity contribution in [2.75, 3.05) is 7.11 Å². The molecule has 2 aromatic carbocycles. The van der Waals surface area contributed by atoms with E-state index in [1.54, 1.807) is 55.1 Å². The Morgan fingerprint density at radius 3 is 2.21 bits per heavy atom. The van der Waals surface area contributed by atoms with E-state index in [0.717, 1.165) is 0 Å². The third-order valence-electron chi connectivity index (χ3n) is 4.51. The molecular weight excluding hydrogens is 370 g/mol. The molecule has 7 heteroatoms. The number of carbonyl (C=O) groups excluding carboxylic acids is 1. The zero-order chi connectivity index (χ0) is 21.0. The Hall–Kier alpha value is -3.87. The van der Waals surface area contributed by atoms with E-state index in [-0.39, 0.29) is 5.69 Å². The molecule has 0 atom stereocenters. The van der Waals surface area contributed by atoms with Gasteiger partial charge in [-0.2, -0.15) is 0 Å². The topological polar surface area (TPSA) is 88.7 Å². The Morgan fingerprint density at radius 1 is 1.07 bits per heavy atom. The zero-order valence-corrected chi connectivity index (χ0v) is 16.3. The van der Waals surface area contributed by atoms with Crippen molar-refractivity contribution >= 4 is 23.1 Å². The van der Waals surface area contributed by atoms with Crippen molar-refractivity contribution in [3.63, 3.8) is 0 Å². The molecule has 0 aliphatic carbocycles. The van der Waals surface area contributed by atoms with Crippen LogP contribution in [0, 0.1) is 6.92 Å². The minimum atomic E-state index is -1.51. The first-order chi connectivity index (χ1) is 13.9. The van der Waals surface area contributed by atoms with Crippen molar-refractivity contribution in [1.82, 2.24) is 9.36 Å². The van der Waals surface area contributed by atoms with Gasteiger partial charge in [0.2, 0.25) is 0 Å². The summed E-state index contributed by atoms with van der Waals surface area (Å²) in [6.07, 6.45) is 1.25. The highest BCUT2D eigenvalue weighted by Crippen LogP contribution is 2.19. The number of nitrogens with zero attached hydrogens (tertiary/aromatic N) is 3. The highest BCUT2D eigenvalue weighted by molar-refractivity contribution is 6.41. The molecule has 3 aromatic rings. The maximum atomic E-state index is 13.0. The van der Waals surface area contributed by atoms with Crippen molar-refractivity contribution in [3.05, 3.63) is 88.4 Å². The second-order valence-corrected chi connectivity index (χ2v) is 6.27. The van der Waals surface area contributed by atoms with Crippen molar-refractivity contribution in [1.29, 1.82) is 0 Å². The van der Waals surface area contributed by atoms with Crippen LogP contribution in [-0.2, 0) is 16.6 Å². The van der Waals surface area contributed by atoms with Crippen LogP contribution in [0.25, 0.3) is 11.4 Å². The summed E-state index contributed by atoms with van der Waals surface area (Å²) in [5.41, 5.74) is 1.03. The Balaban J connectivity index is 2.15. The van der Waals surface area contributed by atoms with E-state index in [1.165, 1.54) is 17.9 Å². The summed E-state index contributed by atoms with van der Waals surface area (Å²) < 4.78 is 8.37. The number of aromatic nitrogens is 2. The van der Waals surface area contributed by atoms with Crippen LogP contribution >= 0.6 is 0 Å². The average molecular weight is 390 g/mol. The molecule has 0 unspecified atom stereocenters. The van der Waals surface area contributed by atoms with E-state index in [4.69, 9.17) is 4.74 Å². The molecule has 0 fully saturated rings. The molecule has 0 N–H and O–H groups in total. The molecule has 7 nitrogen and oxygen atoms in total. The lowest BCUT2D eigenvalue weighted by Crippen LogP contribution is -2.31. The predicted molar refractivity (Wildman–Crippen MR) is 109 cm³/mol. The van der Waals surface area contributed by atoms with Crippen LogP contribution in [0.15, 0.2) is 76.5 Å². The maximum absolute atomic E-state index is 13.0. The van der Waals surface area contributed by atoms with E-state index in [0.29, 0.717) is 22.7 Å². The molecule has 1 aromatic heterocycles. The molecule has 0 aliphatic rings. The van der Waals surface area contributed by atoms with Gasteiger partial charge in [-0.25, -0.2) is 9.67 Å². The summed E-state index contributed by atoms with van der Waals surface area (Å²) in [5.74, 6) is -1.21. The van der Waals surface area contributed by atoms with Gasteiger partial charge in [-0.05, 0) is 19.1 Å². The first-order valence-corrected chi connectivity index (χ1v) is 8.89. The molecule has 0 amide bonds. The molecule has 3 rings (SSSR count). The number of hydrogen-bond acceptors (Lipinski definition) is 5. The smallest absolute Gasteiger partial charge is 0.297 e. The summed E-state index contributed by atoms with van der Waals surface area (Å²) in [7, 11) is 3.14. The van der Waals surface area contributed by atoms with E-state index in [9.17, 15) is 14.7 Å². The van der Waals surface area contributed by atoms with Gasteiger partial charge in [0.05, 0.1) is 30.2 Å². The molecule has 0 bridgehead atoms. The fraction of sp³-hybridized carbons (Fsp3) is 0.136. The largest absolute Gasteiger partial charge is 0.543 e. The van der Waals surface area contributed by atoms with Gasteiger partial charge in [0, 0.05) is 18.7 Å². The number of aliphatic imine (C=N–C) groups is 1. The molecule has 0 saturated heterocycles. The van der Waals surface area contributed by atoms with Crippen LogP contribution in [0.3, 0.4) is 0 Å². The van der Waals surface area contributed by atoms with Gasteiger partial charge in [-0.15, -0.1) is 0 Å². The number of para-hydroxylation sites is 1. The first kappa shape index (κ1) is 19.9. The summed E-state index contributed by atoms with van der Waals surface area (Å²) >= 11 is 0. The monoisotopic (exact) mass is 390 g/mol. The van der Waals surface area contributed by atoms with Crippen LogP contribution in [-0.4, -0.2) is 28.2 Å². The summed E-state index contributed by atoms with van der Waals surface area (Å²) in [6, 6.07) is 18.0. The second kappa shape index (κ2) is 8.43. The zero-order valence-electron chi connectivity index (χ0n) is 16.3. The molecule has 0 radical (unpaired) electrons. The van der Waals surface area contributed by atoms with Crippen LogP contribution in [0.5, 0.6) is 0 Å². The highest BCUT2D eigenvalue weighted by atomic mass is 16.5. The Kier molecular flexibility index (Phi) is 5.78. The van der Waals surface area contributed by atoms with E-state index < -0.39 is 17.2 Å². The van der Waals surface area contributed by atoms with Crippen molar-refractivity contribution in [3.8, 4) is 5.69 Å². The number of carboxylic acid groups (broad SMARTS) is 1. The van der Waals surface area contributed by atoms with Gasteiger partial charge >= 0.3 is 0 Å². The number of carbonyl (C=O) groups is 1. The quantitative estimate of drug-likeness (QED) is 0.476. The van der Waals surface area contributed by atoms with Crippen LogP contribution in [0.1, 0.15) is 11.3 Å². The fourth-order valence-electron chi connectivity index (χ4n) is 2.93. The minimum absolute atomic E-state index is 0.0234. The molecular formula is C22H20N3O4-. The highest BCUT2D eigenvalue weighted by Gasteiger charge is 2.16. The van der Waals surface area contributed by atoms with E-state index in [2.05, 4.69) is 4.99 Å². The second-order valence-electron chi connectivity index (χ2n) is 6.27. The number of ether oxygens (including phenoxy) is 1. The Labute approximate surface area is 167 Å². The fourth-order valence-corrected chi connectivity index (χ4v) is 2.93. The number of carboxylic acids is 1. The van der Waals surface area contributed by atoms with Gasteiger partial charge in [0.1, 0.15) is 5.76 Å². The van der Waals surface area contributed by atoms with Crippen LogP contribution < -0.4 is 10.7 Å². The van der Waals surface area contributed by atoms with E-state index in [1.807, 2.05) is 24.3 Å². The van der Waals surface area contributed by atoms with Crippen LogP contribution in [0.4, 0.5) is 5.69 Å². The third-order valence-corrected chi connectivity index (χ3v) is 4.51. The van der Waals surface area contributed by atoms with Crippen LogP contribution in [0.2, 0.25) is 0 Å². The lowest BCUT2D eigenvalue weighted by molar-refractivity contribution is -0.293. The number of hydrogen-bond donors (Lipinski definition) is 0. The predicted octanol–water partition coefficient (Wildman–Crippen LogP) is 1.99. The van der Waals surface area contributed by atoms with Crippen molar-refractivity contribution in [2.45, 2.75) is 6.92 Å². The Morgan fingerprint density at radius 2 is 1.66 bits per heavy atom. The number of aliphatic carboxylic acids is 1. The van der Waals surface area contributed by atoms with E-state index >= 15 is 0 Å². The molecule has 0 aliphatic heterocycles. The third kappa shape index (κ3) is 4.03. The van der Waals surface area contributed by atoms with Gasteiger partial charge in [-0.1, -0.05) is 48.5 Å². The van der Waals surface area contributed by atoms with Gasteiger partial charge in [0.25, 0.3) is 5.56 Å². The average Bonchev–Trinajstić information content (AvgIpc) is 2.95. The number of benzene rings is 2.